The van der Waals surface area contributed by atoms with E-state index in [2.05, 4.69) is 27.5 Å². The number of rotatable bonds is 18. The second-order valence-electron chi connectivity index (χ2n) is 9.56. The average Bonchev–Trinajstić information content (AvgIpc) is 3.40. The summed E-state index contributed by atoms with van der Waals surface area (Å²) < 4.78 is 12.2. The summed E-state index contributed by atoms with van der Waals surface area (Å²) in [7, 11) is 1.62. The molecule has 0 aliphatic rings. The first-order chi connectivity index (χ1) is 18.7. The number of esters is 1. The summed E-state index contributed by atoms with van der Waals surface area (Å²) in [5.74, 6) is 0.346. The normalized spacial score (nSPS) is 11.3. The molecule has 8 heteroatoms. The summed E-state index contributed by atoms with van der Waals surface area (Å²) in [6, 6.07) is 14.6. The molecule has 0 N–H and O–H groups in total. The molecular weight excluding hydrogens is 478 g/mol. The number of azo groups is 1. The van der Waals surface area contributed by atoms with E-state index >= 15 is 0 Å². The first-order valence-corrected chi connectivity index (χ1v) is 13.9. The molecule has 0 radical (unpaired) electrons. The molecule has 0 aliphatic carbocycles. The van der Waals surface area contributed by atoms with Gasteiger partial charge in [0.1, 0.15) is 11.4 Å². The van der Waals surface area contributed by atoms with E-state index in [0.29, 0.717) is 30.2 Å². The van der Waals surface area contributed by atoms with Crippen LogP contribution in [-0.4, -0.2) is 28.1 Å². The van der Waals surface area contributed by atoms with Crippen molar-refractivity contribution >= 4 is 17.3 Å². The second-order valence-corrected chi connectivity index (χ2v) is 9.56. The zero-order valence-electron chi connectivity index (χ0n) is 22.8. The largest absolute Gasteiger partial charge is 0.427 e. The zero-order chi connectivity index (χ0) is 26.8. The maximum absolute atomic E-state index is 12.2. The van der Waals surface area contributed by atoms with Crippen molar-refractivity contribution in [3.63, 3.8) is 0 Å². The molecule has 0 spiro atoms. The van der Waals surface area contributed by atoms with E-state index in [1.165, 1.54) is 57.8 Å². The van der Waals surface area contributed by atoms with Crippen LogP contribution in [0.2, 0.25) is 0 Å². The Balaban J connectivity index is 1.32. The Morgan fingerprint density at radius 1 is 0.789 bits per heavy atom. The number of carbonyl (C=O) groups excluding carboxylic acids is 1. The van der Waals surface area contributed by atoms with Gasteiger partial charge in [-0.05, 0) is 55.0 Å². The molecule has 0 aliphatic heterocycles. The fourth-order valence-electron chi connectivity index (χ4n) is 4.12. The maximum atomic E-state index is 12.2. The van der Waals surface area contributed by atoms with Crippen molar-refractivity contribution in [2.24, 2.45) is 10.2 Å². The molecule has 0 bridgehead atoms. The van der Waals surface area contributed by atoms with Crippen molar-refractivity contribution in [3.05, 3.63) is 60.4 Å². The number of ether oxygens (including phenoxy) is 2. The molecule has 0 saturated heterocycles. The number of benzene rings is 2. The number of hydrogen-bond donors (Lipinski definition) is 0. The van der Waals surface area contributed by atoms with E-state index in [1.54, 1.807) is 36.1 Å². The molecule has 38 heavy (non-hydrogen) atoms. The van der Waals surface area contributed by atoms with Crippen LogP contribution in [0.3, 0.4) is 0 Å². The van der Waals surface area contributed by atoms with E-state index in [0.717, 1.165) is 24.2 Å². The standard InChI is InChI=1S/C30H41N5O3/c1-3-4-5-6-7-8-9-10-11-12-13-14-30(36)38-29-21-17-26(18-22-29)32-31-25-15-19-28(20-16-25)35-23-27(24-37-2)33-34-35/h15-23H,3-14,24H2,1-2H3. The predicted octanol–water partition coefficient (Wildman–Crippen LogP) is 8.44. The highest BCUT2D eigenvalue weighted by atomic mass is 16.5. The Morgan fingerprint density at radius 3 is 1.92 bits per heavy atom. The third kappa shape index (κ3) is 10.9. The van der Waals surface area contributed by atoms with Crippen LogP contribution in [-0.2, 0) is 16.1 Å². The lowest BCUT2D eigenvalue weighted by molar-refractivity contribution is -0.134. The average molecular weight is 520 g/mol. The molecule has 2 aromatic carbocycles. The van der Waals surface area contributed by atoms with E-state index in [9.17, 15) is 4.79 Å². The van der Waals surface area contributed by atoms with Crippen LogP contribution in [0.4, 0.5) is 11.4 Å². The van der Waals surface area contributed by atoms with Crippen molar-refractivity contribution in [3.8, 4) is 11.4 Å². The Labute approximate surface area is 226 Å². The number of hydrogen-bond acceptors (Lipinski definition) is 7. The van der Waals surface area contributed by atoms with Gasteiger partial charge in [0.05, 0.1) is 29.9 Å². The van der Waals surface area contributed by atoms with E-state index in [4.69, 9.17) is 9.47 Å². The highest BCUT2D eigenvalue weighted by molar-refractivity contribution is 5.72. The van der Waals surface area contributed by atoms with Gasteiger partial charge in [-0.25, -0.2) is 4.68 Å². The van der Waals surface area contributed by atoms with Crippen LogP contribution in [0.15, 0.2) is 65.0 Å². The van der Waals surface area contributed by atoms with Gasteiger partial charge in [-0.15, -0.1) is 5.10 Å². The molecule has 0 atom stereocenters. The summed E-state index contributed by atoms with van der Waals surface area (Å²) >= 11 is 0. The van der Waals surface area contributed by atoms with E-state index < -0.39 is 0 Å². The van der Waals surface area contributed by atoms with Gasteiger partial charge in [-0.1, -0.05) is 76.3 Å². The van der Waals surface area contributed by atoms with Crippen LogP contribution >= 0.6 is 0 Å². The molecule has 1 aromatic heterocycles. The summed E-state index contributed by atoms with van der Waals surface area (Å²) in [5, 5.41) is 16.7. The molecule has 3 aromatic rings. The maximum Gasteiger partial charge on any atom is 0.311 e. The third-order valence-electron chi connectivity index (χ3n) is 6.28. The van der Waals surface area contributed by atoms with E-state index in [1.807, 2.05) is 30.5 Å². The van der Waals surface area contributed by atoms with Crippen molar-refractivity contribution in [2.75, 3.05) is 7.11 Å². The first kappa shape index (κ1) is 29.2. The number of nitrogens with zero attached hydrogens (tertiary/aromatic N) is 5. The minimum atomic E-state index is -0.183. The topological polar surface area (TPSA) is 91.0 Å². The summed E-state index contributed by atoms with van der Waals surface area (Å²) in [6.07, 6.45) is 16.1. The zero-order valence-corrected chi connectivity index (χ0v) is 22.8. The van der Waals surface area contributed by atoms with Crippen LogP contribution in [0.1, 0.15) is 89.7 Å². The summed E-state index contributed by atoms with van der Waals surface area (Å²) in [5.41, 5.74) is 3.03. The third-order valence-corrected chi connectivity index (χ3v) is 6.28. The second kappa shape index (κ2) is 17.2. The molecule has 0 saturated carbocycles. The first-order valence-electron chi connectivity index (χ1n) is 13.9. The lowest BCUT2D eigenvalue weighted by Crippen LogP contribution is -2.07. The quantitative estimate of drug-likeness (QED) is 0.0728. The summed E-state index contributed by atoms with van der Waals surface area (Å²) in [6.45, 7) is 2.67. The molecule has 0 unspecified atom stereocenters. The smallest absolute Gasteiger partial charge is 0.311 e. The van der Waals surface area contributed by atoms with Gasteiger partial charge in [-0.3, -0.25) is 4.79 Å². The van der Waals surface area contributed by atoms with Gasteiger partial charge in [0, 0.05) is 13.5 Å². The molecule has 3 rings (SSSR count). The molecule has 1 heterocycles. The van der Waals surface area contributed by atoms with Gasteiger partial charge >= 0.3 is 5.97 Å². The van der Waals surface area contributed by atoms with Crippen molar-refractivity contribution in [2.45, 2.75) is 90.6 Å². The minimum absolute atomic E-state index is 0.183. The van der Waals surface area contributed by atoms with Crippen molar-refractivity contribution in [1.29, 1.82) is 0 Å². The Hall–Kier alpha value is -3.39. The lowest BCUT2D eigenvalue weighted by atomic mass is 10.1. The highest BCUT2D eigenvalue weighted by Gasteiger charge is 2.06. The Morgan fingerprint density at radius 2 is 1.34 bits per heavy atom. The predicted molar refractivity (Wildman–Crippen MR) is 149 cm³/mol. The number of unbranched alkanes of at least 4 members (excludes halogenated alkanes) is 10. The Bertz CT molecular complexity index is 1090. The summed E-state index contributed by atoms with van der Waals surface area (Å²) in [4.78, 5) is 12.2. The molecule has 0 amide bonds. The fourth-order valence-corrected chi connectivity index (χ4v) is 4.12. The van der Waals surface area contributed by atoms with Crippen molar-refractivity contribution in [1.82, 2.24) is 15.0 Å². The SMILES string of the molecule is CCCCCCCCCCCCCC(=O)Oc1ccc(N=Nc2ccc(-n3cc(COC)nn3)cc2)cc1. The van der Waals surface area contributed by atoms with Gasteiger partial charge in [0.25, 0.3) is 0 Å². The number of aromatic nitrogens is 3. The van der Waals surface area contributed by atoms with Gasteiger partial charge in [0.2, 0.25) is 0 Å². The molecule has 0 fully saturated rings. The highest BCUT2D eigenvalue weighted by Crippen LogP contribution is 2.23. The molecular formula is C30H41N5O3. The van der Waals surface area contributed by atoms with Gasteiger partial charge < -0.3 is 9.47 Å². The van der Waals surface area contributed by atoms with Crippen LogP contribution in [0, 0.1) is 0 Å². The van der Waals surface area contributed by atoms with E-state index in [-0.39, 0.29) is 5.97 Å². The van der Waals surface area contributed by atoms with Crippen LogP contribution in [0.25, 0.3) is 5.69 Å². The monoisotopic (exact) mass is 519 g/mol. The number of carbonyl (C=O) groups is 1. The Kier molecular flexibility index (Phi) is 13.2. The molecule has 204 valence electrons. The minimum Gasteiger partial charge on any atom is -0.427 e. The molecule has 8 nitrogen and oxygen atoms in total. The fraction of sp³-hybridized carbons (Fsp3) is 0.500. The lowest BCUT2D eigenvalue weighted by Gasteiger charge is -2.05. The van der Waals surface area contributed by atoms with Crippen LogP contribution < -0.4 is 4.74 Å². The number of methoxy groups -OCH3 is 1. The van der Waals surface area contributed by atoms with Gasteiger partial charge in [0.15, 0.2) is 0 Å². The van der Waals surface area contributed by atoms with Crippen LogP contribution in [0.5, 0.6) is 5.75 Å². The van der Waals surface area contributed by atoms with Crippen molar-refractivity contribution < 1.29 is 14.3 Å². The van der Waals surface area contributed by atoms with Gasteiger partial charge in [-0.2, -0.15) is 10.2 Å².